The van der Waals surface area contributed by atoms with Crippen molar-refractivity contribution in [3.05, 3.63) is 22.3 Å². The lowest BCUT2D eigenvalue weighted by Gasteiger charge is -2.15. The first kappa shape index (κ1) is 11.5. The van der Waals surface area contributed by atoms with Crippen molar-refractivity contribution in [2.45, 2.75) is 32.6 Å². The average Bonchev–Trinajstić information content (AvgIpc) is 2.22. The highest BCUT2D eigenvalue weighted by molar-refractivity contribution is 9.10. The largest absolute Gasteiger partial charge is 0.480 e. The van der Waals surface area contributed by atoms with Crippen molar-refractivity contribution in [2.24, 2.45) is 0 Å². The zero-order valence-corrected chi connectivity index (χ0v) is 10.5. The molecule has 0 fully saturated rings. The SMILES string of the molecule is CCC(CC)c1ccnc(OC)c1Br. The van der Waals surface area contributed by atoms with E-state index >= 15 is 0 Å². The maximum atomic E-state index is 5.17. The third-order valence-corrected chi connectivity index (χ3v) is 3.30. The molecule has 0 spiro atoms. The van der Waals surface area contributed by atoms with E-state index in [9.17, 15) is 0 Å². The van der Waals surface area contributed by atoms with Crippen molar-refractivity contribution in [3.8, 4) is 5.88 Å². The lowest BCUT2D eigenvalue weighted by atomic mass is 9.95. The van der Waals surface area contributed by atoms with E-state index in [2.05, 4.69) is 40.8 Å². The van der Waals surface area contributed by atoms with Gasteiger partial charge in [-0.3, -0.25) is 0 Å². The second kappa shape index (κ2) is 5.35. The molecule has 0 bridgehead atoms. The van der Waals surface area contributed by atoms with E-state index in [0.29, 0.717) is 11.8 Å². The number of ether oxygens (including phenoxy) is 1. The van der Waals surface area contributed by atoms with Gasteiger partial charge < -0.3 is 4.74 Å². The minimum Gasteiger partial charge on any atom is -0.480 e. The van der Waals surface area contributed by atoms with Crippen LogP contribution in [-0.2, 0) is 0 Å². The Morgan fingerprint density at radius 2 is 2.07 bits per heavy atom. The Morgan fingerprint density at radius 1 is 1.43 bits per heavy atom. The number of pyridine rings is 1. The summed E-state index contributed by atoms with van der Waals surface area (Å²) in [6.45, 7) is 4.40. The first-order valence-corrected chi connectivity index (χ1v) is 5.72. The number of hydrogen-bond acceptors (Lipinski definition) is 2. The number of rotatable bonds is 4. The molecule has 0 aliphatic heterocycles. The van der Waals surface area contributed by atoms with Crippen molar-refractivity contribution in [2.75, 3.05) is 7.11 Å². The van der Waals surface area contributed by atoms with Gasteiger partial charge in [-0.1, -0.05) is 13.8 Å². The lowest BCUT2D eigenvalue weighted by Crippen LogP contribution is -1.99. The van der Waals surface area contributed by atoms with Gasteiger partial charge in [0.05, 0.1) is 11.6 Å². The molecule has 78 valence electrons. The van der Waals surface area contributed by atoms with E-state index in [4.69, 9.17) is 4.74 Å². The van der Waals surface area contributed by atoms with Crippen molar-refractivity contribution < 1.29 is 4.74 Å². The van der Waals surface area contributed by atoms with Gasteiger partial charge in [0, 0.05) is 6.20 Å². The molecule has 2 nitrogen and oxygen atoms in total. The average molecular weight is 258 g/mol. The van der Waals surface area contributed by atoms with Crippen LogP contribution >= 0.6 is 15.9 Å². The van der Waals surface area contributed by atoms with E-state index in [1.54, 1.807) is 13.3 Å². The number of methoxy groups -OCH3 is 1. The first-order chi connectivity index (χ1) is 6.74. The summed E-state index contributed by atoms with van der Waals surface area (Å²) in [5.74, 6) is 1.26. The van der Waals surface area contributed by atoms with Crippen LogP contribution in [0.25, 0.3) is 0 Å². The molecule has 1 rings (SSSR count). The summed E-state index contributed by atoms with van der Waals surface area (Å²) in [7, 11) is 1.64. The third kappa shape index (κ3) is 2.27. The van der Waals surface area contributed by atoms with E-state index < -0.39 is 0 Å². The molecule has 0 saturated carbocycles. The Balaban J connectivity index is 3.07. The van der Waals surface area contributed by atoms with Crippen LogP contribution in [0.15, 0.2) is 16.7 Å². The smallest absolute Gasteiger partial charge is 0.227 e. The summed E-state index contributed by atoms with van der Waals surface area (Å²) in [6.07, 6.45) is 4.09. The molecule has 14 heavy (non-hydrogen) atoms. The van der Waals surface area contributed by atoms with Gasteiger partial charge in [-0.2, -0.15) is 0 Å². The molecular weight excluding hydrogens is 242 g/mol. The van der Waals surface area contributed by atoms with E-state index in [1.807, 2.05) is 0 Å². The number of hydrogen-bond donors (Lipinski definition) is 0. The number of aromatic nitrogens is 1. The lowest BCUT2D eigenvalue weighted by molar-refractivity contribution is 0.393. The van der Waals surface area contributed by atoms with Crippen LogP contribution in [0.1, 0.15) is 38.2 Å². The van der Waals surface area contributed by atoms with Crippen LogP contribution in [-0.4, -0.2) is 12.1 Å². The van der Waals surface area contributed by atoms with Crippen molar-refractivity contribution in [3.63, 3.8) is 0 Å². The zero-order chi connectivity index (χ0) is 10.6. The van der Waals surface area contributed by atoms with Gasteiger partial charge in [0.2, 0.25) is 5.88 Å². The molecule has 0 aromatic carbocycles. The van der Waals surface area contributed by atoms with Crippen molar-refractivity contribution in [1.29, 1.82) is 0 Å². The molecule has 1 heterocycles. The Morgan fingerprint density at radius 3 is 2.57 bits per heavy atom. The Labute approximate surface area is 93.8 Å². The predicted octanol–water partition coefficient (Wildman–Crippen LogP) is 3.76. The van der Waals surface area contributed by atoms with Crippen LogP contribution < -0.4 is 4.74 Å². The second-order valence-electron chi connectivity index (χ2n) is 3.24. The molecule has 1 aromatic rings. The molecule has 1 aromatic heterocycles. The molecule has 3 heteroatoms. The van der Waals surface area contributed by atoms with Crippen molar-refractivity contribution >= 4 is 15.9 Å². The Bertz CT molecular complexity index is 297. The third-order valence-electron chi connectivity index (χ3n) is 2.51. The first-order valence-electron chi connectivity index (χ1n) is 4.92. The van der Waals surface area contributed by atoms with Crippen LogP contribution in [0.2, 0.25) is 0 Å². The minimum absolute atomic E-state index is 0.585. The number of nitrogens with zero attached hydrogens (tertiary/aromatic N) is 1. The van der Waals surface area contributed by atoms with Gasteiger partial charge in [0.1, 0.15) is 0 Å². The van der Waals surface area contributed by atoms with Gasteiger partial charge in [-0.25, -0.2) is 4.98 Å². The van der Waals surface area contributed by atoms with Gasteiger partial charge in [0.25, 0.3) is 0 Å². The molecule has 0 radical (unpaired) electrons. The van der Waals surface area contributed by atoms with Crippen LogP contribution in [0.3, 0.4) is 0 Å². The monoisotopic (exact) mass is 257 g/mol. The maximum Gasteiger partial charge on any atom is 0.227 e. The van der Waals surface area contributed by atoms with Gasteiger partial charge in [0.15, 0.2) is 0 Å². The molecule has 0 amide bonds. The minimum atomic E-state index is 0.585. The van der Waals surface area contributed by atoms with Crippen molar-refractivity contribution in [1.82, 2.24) is 4.98 Å². The summed E-state index contributed by atoms with van der Waals surface area (Å²) in [5, 5.41) is 0. The molecule has 0 unspecified atom stereocenters. The highest BCUT2D eigenvalue weighted by atomic mass is 79.9. The van der Waals surface area contributed by atoms with Crippen LogP contribution in [0, 0.1) is 0 Å². The quantitative estimate of drug-likeness (QED) is 0.820. The van der Waals surface area contributed by atoms with E-state index in [1.165, 1.54) is 5.56 Å². The fraction of sp³-hybridized carbons (Fsp3) is 0.545. The summed E-state index contributed by atoms with van der Waals surface area (Å²) < 4.78 is 6.16. The second-order valence-corrected chi connectivity index (χ2v) is 4.03. The molecule has 0 aliphatic rings. The molecule has 0 N–H and O–H groups in total. The van der Waals surface area contributed by atoms with E-state index in [-0.39, 0.29) is 0 Å². The normalized spacial score (nSPS) is 10.6. The topological polar surface area (TPSA) is 22.1 Å². The molecule has 0 aliphatic carbocycles. The summed E-state index contributed by atoms with van der Waals surface area (Å²) in [5.41, 5.74) is 1.29. The maximum absolute atomic E-state index is 5.17. The molecule has 0 saturated heterocycles. The fourth-order valence-electron chi connectivity index (χ4n) is 1.62. The summed E-state index contributed by atoms with van der Waals surface area (Å²) >= 11 is 3.54. The Kier molecular flexibility index (Phi) is 4.39. The standard InChI is InChI=1S/C11H16BrNO/c1-4-8(5-2)9-6-7-13-11(14-3)10(9)12/h6-8H,4-5H2,1-3H3. The molecular formula is C11H16BrNO. The Hall–Kier alpha value is -0.570. The highest BCUT2D eigenvalue weighted by Gasteiger charge is 2.14. The summed E-state index contributed by atoms with van der Waals surface area (Å²) in [4.78, 5) is 4.14. The predicted molar refractivity (Wildman–Crippen MR) is 61.8 cm³/mol. The fourth-order valence-corrected chi connectivity index (χ4v) is 2.34. The van der Waals surface area contributed by atoms with Gasteiger partial charge >= 0.3 is 0 Å². The van der Waals surface area contributed by atoms with E-state index in [0.717, 1.165) is 17.3 Å². The summed E-state index contributed by atoms with van der Waals surface area (Å²) in [6, 6.07) is 2.06. The molecule has 0 atom stereocenters. The highest BCUT2D eigenvalue weighted by Crippen LogP contribution is 2.34. The van der Waals surface area contributed by atoms with Crippen LogP contribution in [0.4, 0.5) is 0 Å². The van der Waals surface area contributed by atoms with Gasteiger partial charge in [-0.15, -0.1) is 0 Å². The van der Waals surface area contributed by atoms with Gasteiger partial charge in [-0.05, 0) is 46.3 Å². The number of halogens is 1. The van der Waals surface area contributed by atoms with Crippen LogP contribution in [0.5, 0.6) is 5.88 Å². The zero-order valence-electron chi connectivity index (χ0n) is 8.88.